The van der Waals surface area contributed by atoms with Crippen molar-refractivity contribution in [2.75, 3.05) is 46.0 Å². The van der Waals surface area contributed by atoms with Crippen LogP contribution in [0.5, 0.6) is 0 Å². The van der Waals surface area contributed by atoms with E-state index in [2.05, 4.69) is 24.1 Å². The Morgan fingerprint density at radius 3 is 3.00 bits per heavy atom. The molecule has 2 heterocycles. The van der Waals surface area contributed by atoms with Crippen LogP contribution in [-0.4, -0.2) is 62.5 Å². The quantitative estimate of drug-likeness (QED) is 0.745. The minimum Gasteiger partial charge on any atom is -0.376 e. The summed E-state index contributed by atoms with van der Waals surface area (Å²) < 4.78 is 11.1. The number of ether oxygens (including phenoxy) is 2. The molecule has 0 aromatic heterocycles. The summed E-state index contributed by atoms with van der Waals surface area (Å²) >= 11 is 0. The van der Waals surface area contributed by atoms with E-state index in [0.717, 1.165) is 46.0 Å². The molecule has 1 N–H and O–H groups in total. The van der Waals surface area contributed by atoms with E-state index in [1.54, 1.807) is 0 Å². The molecule has 2 aliphatic heterocycles. The first-order chi connectivity index (χ1) is 7.66. The lowest BCUT2D eigenvalue weighted by Crippen LogP contribution is -2.49. The van der Waals surface area contributed by atoms with E-state index in [1.807, 2.05) is 0 Å². The second-order valence-electron chi connectivity index (χ2n) is 5.47. The normalized spacial score (nSPS) is 32.2. The maximum atomic E-state index is 5.70. The number of nitrogens with one attached hydrogen (secondary N) is 1. The van der Waals surface area contributed by atoms with Gasteiger partial charge in [-0.2, -0.15) is 0 Å². The molecule has 4 heteroatoms. The summed E-state index contributed by atoms with van der Waals surface area (Å²) in [6.07, 6.45) is 1.49. The fraction of sp³-hybridized carbons (Fsp3) is 1.00. The molecule has 1 unspecified atom stereocenters. The van der Waals surface area contributed by atoms with Crippen molar-refractivity contribution >= 4 is 0 Å². The highest BCUT2D eigenvalue weighted by Gasteiger charge is 2.26. The van der Waals surface area contributed by atoms with E-state index in [1.165, 1.54) is 6.42 Å². The van der Waals surface area contributed by atoms with Crippen LogP contribution in [0.25, 0.3) is 0 Å². The van der Waals surface area contributed by atoms with Gasteiger partial charge >= 0.3 is 0 Å². The van der Waals surface area contributed by atoms with Crippen LogP contribution in [0, 0.1) is 0 Å². The van der Waals surface area contributed by atoms with Gasteiger partial charge in [-0.05, 0) is 33.4 Å². The molecule has 0 aromatic rings. The molecule has 0 aromatic carbocycles. The molecule has 0 amide bonds. The van der Waals surface area contributed by atoms with Crippen LogP contribution in [0.4, 0.5) is 0 Å². The molecule has 2 saturated heterocycles. The van der Waals surface area contributed by atoms with E-state index in [-0.39, 0.29) is 11.6 Å². The molecule has 0 spiro atoms. The third-order valence-corrected chi connectivity index (χ3v) is 3.22. The zero-order valence-corrected chi connectivity index (χ0v) is 10.5. The van der Waals surface area contributed by atoms with Gasteiger partial charge in [0.05, 0.1) is 25.9 Å². The number of nitrogens with zero attached hydrogens (tertiary/aromatic N) is 1. The van der Waals surface area contributed by atoms with Crippen molar-refractivity contribution in [1.29, 1.82) is 0 Å². The maximum Gasteiger partial charge on any atom is 0.0936 e. The summed E-state index contributed by atoms with van der Waals surface area (Å²) in [6, 6.07) is 0. The van der Waals surface area contributed by atoms with Gasteiger partial charge in [0.15, 0.2) is 0 Å². The Balaban J connectivity index is 1.82. The summed E-state index contributed by atoms with van der Waals surface area (Å²) in [5.74, 6) is 0. The van der Waals surface area contributed by atoms with Gasteiger partial charge in [-0.3, -0.25) is 4.90 Å². The predicted octanol–water partition coefficient (Wildman–Crippen LogP) is 0.476. The third kappa shape index (κ3) is 3.70. The minimum atomic E-state index is 0.214. The summed E-state index contributed by atoms with van der Waals surface area (Å²) in [5, 5.41) is 3.57. The first kappa shape index (κ1) is 12.3. The molecule has 2 aliphatic rings. The summed E-state index contributed by atoms with van der Waals surface area (Å²) in [7, 11) is 0. The average Bonchev–Trinajstić information content (AvgIpc) is 2.40. The third-order valence-electron chi connectivity index (χ3n) is 3.22. The van der Waals surface area contributed by atoms with Gasteiger partial charge in [0.2, 0.25) is 0 Å². The van der Waals surface area contributed by atoms with Gasteiger partial charge in [0.25, 0.3) is 0 Å². The molecule has 0 radical (unpaired) electrons. The molecule has 0 aliphatic carbocycles. The van der Waals surface area contributed by atoms with Gasteiger partial charge < -0.3 is 14.8 Å². The lowest BCUT2D eigenvalue weighted by Gasteiger charge is -2.33. The van der Waals surface area contributed by atoms with Crippen molar-refractivity contribution in [3.8, 4) is 0 Å². The molecular weight excluding hydrogens is 204 g/mol. The number of hydrogen-bond acceptors (Lipinski definition) is 4. The van der Waals surface area contributed by atoms with Gasteiger partial charge in [-0.25, -0.2) is 0 Å². The summed E-state index contributed by atoms with van der Waals surface area (Å²) in [5.41, 5.74) is 0.214. The van der Waals surface area contributed by atoms with Gasteiger partial charge in [0, 0.05) is 18.6 Å². The van der Waals surface area contributed by atoms with E-state index in [9.17, 15) is 0 Å². The van der Waals surface area contributed by atoms with E-state index in [4.69, 9.17) is 9.47 Å². The summed E-state index contributed by atoms with van der Waals surface area (Å²) in [6.45, 7) is 11.2. The van der Waals surface area contributed by atoms with Crippen LogP contribution in [0.1, 0.15) is 20.3 Å². The number of rotatable bonds is 2. The van der Waals surface area contributed by atoms with Crippen molar-refractivity contribution in [2.24, 2.45) is 0 Å². The lowest BCUT2D eigenvalue weighted by atomic mass is 10.1. The highest BCUT2D eigenvalue weighted by molar-refractivity contribution is 4.85. The van der Waals surface area contributed by atoms with Crippen LogP contribution in [0.3, 0.4) is 0 Å². The highest BCUT2D eigenvalue weighted by atomic mass is 16.6. The zero-order valence-electron chi connectivity index (χ0n) is 10.5. The van der Waals surface area contributed by atoms with Crippen molar-refractivity contribution in [1.82, 2.24) is 10.2 Å². The largest absolute Gasteiger partial charge is 0.376 e. The van der Waals surface area contributed by atoms with Crippen molar-refractivity contribution in [3.63, 3.8) is 0 Å². The smallest absolute Gasteiger partial charge is 0.0936 e. The van der Waals surface area contributed by atoms with E-state index in [0.29, 0.717) is 0 Å². The fourth-order valence-corrected chi connectivity index (χ4v) is 2.51. The molecule has 0 bridgehead atoms. The van der Waals surface area contributed by atoms with Crippen molar-refractivity contribution in [3.05, 3.63) is 0 Å². The summed E-state index contributed by atoms with van der Waals surface area (Å²) in [4.78, 5) is 2.50. The molecule has 0 saturated carbocycles. The number of hydrogen-bond donors (Lipinski definition) is 1. The average molecular weight is 228 g/mol. The van der Waals surface area contributed by atoms with Gasteiger partial charge in [0.1, 0.15) is 0 Å². The standard InChI is InChI=1S/C12H24N2O2/c1-12(2)10-14(5-3-4-13-12)8-11-9-15-6-7-16-11/h11,13H,3-10H2,1-2H3. The minimum absolute atomic E-state index is 0.214. The monoisotopic (exact) mass is 228 g/mol. The lowest BCUT2D eigenvalue weighted by molar-refractivity contribution is -0.0980. The first-order valence-electron chi connectivity index (χ1n) is 6.32. The Hall–Kier alpha value is -0.160. The second-order valence-corrected chi connectivity index (χ2v) is 5.47. The molecular formula is C12H24N2O2. The van der Waals surface area contributed by atoms with E-state index < -0.39 is 0 Å². The molecule has 1 atom stereocenters. The Kier molecular flexibility index (Phi) is 4.19. The molecule has 4 nitrogen and oxygen atoms in total. The van der Waals surface area contributed by atoms with Gasteiger partial charge in [-0.15, -0.1) is 0 Å². The van der Waals surface area contributed by atoms with E-state index >= 15 is 0 Å². The molecule has 16 heavy (non-hydrogen) atoms. The van der Waals surface area contributed by atoms with Crippen LogP contribution in [-0.2, 0) is 9.47 Å². The Bertz CT molecular complexity index is 215. The van der Waals surface area contributed by atoms with Crippen LogP contribution >= 0.6 is 0 Å². The zero-order chi connectivity index (χ0) is 11.4. The predicted molar refractivity (Wildman–Crippen MR) is 63.7 cm³/mol. The first-order valence-corrected chi connectivity index (χ1v) is 6.32. The Morgan fingerprint density at radius 1 is 1.38 bits per heavy atom. The molecule has 2 rings (SSSR count). The fourth-order valence-electron chi connectivity index (χ4n) is 2.51. The van der Waals surface area contributed by atoms with Crippen LogP contribution in [0.2, 0.25) is 0 Å². The van der Waals surface area contributed by atoms with Crippen molar-refractivity contribution in [2.45, 2.75) is 31.9 Å². The molecule has 2 fully saturated rings. The second kappa shape index (κ2) is 5.45. The van der Waals surface area contributed by atoms with Crippen LogP contribution < -0.4 is 5.32 Å². The van der Waals surface area contributed by atoms with Gasteiger partial charge in [-0.1, -0.05) is 0 Å². The topological polar surface area (TPSA) is 33.7 Å². The SMILES string of the molecule is CC1(C)CN(CC2COCCO2)CCCN1. The molecule has 94 valence electrons. The highest BCUT2D eigenvalue weighted by Crippen LogP contribution is 2.12. The maximum absolute atomic E-state index is 5.70. The van der Waals surface area contributed by atoms with Crippen molar-refractivity contribution < 1.29 is 9.47 Å². The Morgan fingerprint density at radius 2 is 2.25 bits per heavy atom. The Labute approximate surface area is 98.3 Å². The van der Waals surface area contributed by atoms with Crippen LogP contribution in [0.15, 0.2) is 0 Å².